The van der Waals surface area contributed by atoms with Gasteiger partial charge in [0.05, 0.1) is 17.6 Å². The summed E-state index contributed by atoms with van der Waals surface area (Å²) in [6, 6.07) is 21.4. The first-order valence-electron chi connectivity index (χ1n) is 8.56. The van der Waals surface area contributed by atoms with E-state index < -0.39 is 11.2 Å². The first-order valence-corrected chi connectivity index (χ1v) is 8.56. The van der Waals surface area contributed by atoms with Crippen LogP contribution in [0.1, 0.15) is 5.56 Å². The van der Waals surface area contributed by atoms with Crippen molar-refractivity contribution in [1.29, 1.82) is 0 Å². The lowest BCUT2D eigenvalue weighted by atomic mass is 10.1. The van der Waals surface area contributed by atoms with E-state index in [0.29, 0.717) is 23.6 Å². The molecule has 0 saturated heterocycles. The molecule has 0 radical (unpaired) electrons. The van der Waals surface area contributed by atoms with Gasteiger partial charge in [0, 0.05) is 10.8 Å². The highest BCUT2D eigenvalue weighted by molar-refractivity contribution is 5.93. The van der Waals surface area contributed by atoms with Gasteiger partial charge in [-0.1, -0.05) is 48.5 Å². The molecule has 0 atom stereocenters. The van der Waals surface area contributed by atoms with Gasteiger partial charge >= 0.3 is 5.69 Å². The van der Waals surface area contributed by atoms with Crippen molar-refractivity contribution in [3.05, 3.63) is 93.1 Å². The third-order valence-electron chi connectivity index (χ3n) is 4.64. The predicted molar refractivity (Wildman–Crippen MR) is 104 cm³/mol. The van der Waals surface area contributed by atoms with E-state index in [1.54, 1.807) is 6.07 Å². The molecular weight excluding hydrogens is 340 g/mol. The zero-order chi connectivity index (χ0) is 18.4. The summed E-state index contributed by atoms with van der Waals surface area (Å²) in [5.41, 5.74) is 1.83. The van der Waals surface area contributed by atoms with Gasteiger partial charge < -0.3 is 4.57 Å². The van der Waals surface area contributed by atoms with Crippen LogP contribution >= 0.6 is 0 Å². The minimum absolute atomic E-state index is 0.336. The summed E-state index contributed by atoms with van der Waals surface area (Å²) in [6.45, 7) is 0.454. The predicted octanol–water partition coefficient (Wildman–Crippen LogP) is 2.79. The van der Waals surface area contributed by atoms with Gasteiger partial charge in [-0.2, -0.15) is 4.98 Å². The zero-order valence-electron chi connectivity index (χ0n) is 14.2. The first-order chi connectivity index (χ1) is 13.2. The number of fused-ring (bicyclic) bond motifs is 3. The molecule has 0 saturated carbocycles. The molecule has 2 aliphatic rings. The molecule has 1 aromatic heterocycles. The molecule has 1 N–H and O–H groups in total. The van der Waals surface area contributed by atoms with E-state index in [2.05, 4.69) is 9.97 Å². The second kappa shape index (κ2) is 5.88. The van der Waals surface area contributed by atoms with Crippen LogP contribution in [-0.4, -0.2) is 19.5 Å². The number of nitrogens with one attached hydrogen (secondary N) is 1. The maximum absolute atomic E-state index is 12.4. The van der Waals surface area contributed by atoms with Gasteiger partial charge in [-0.05, 0) is 23.8 Å². The van der Waals surface area contributed by atoms with Gasteiger partial charge in [-0.25, -0.2) is 9.78 Å². The molecule has 0 amide bonds. The smallest absolute Gasteiger partial charge is 0.305 e. The quantitative estimate of drug-likeness (QED) is 0.494. The fourth-order valence-electron chi connectivity index (χ4n) is 3.40. The average Bonchev–Trinajstić information content (AvgIpc) is 2.68. The third kappa shape index (κ3) is 2.58. The number of aromatic nitrogens is 4. The Morgan fingerprint density at radius 3 is 2.48 bits per heavy atom. The molecule has 2 aromatic carbocycles. The van der Waals surface area contributed by atoms with Crippen LogP contribution in [0.15, 0.2) is 76.3 Å². The van der Waals surface area contributed by atoms with Crippen LogP contribution in [0.2, 0.25) is 0 Å². The van der Waals surface area contributed by atoms with Crippen molar-refractivity contribution in [2.24, 2.45) is 0 Å². The molecule has 3 heterocycles. The largest absolute Gasteiger partial charge is 0.349 e. The highest BCUT2D eigenvalue weighted by atomic mass is 16.2. The van der Waals surface area contributed by atoms with Crippen molar-refractivity contribution in [2.75, 3.05) is 0 Å². The van der Waals surface area contributed by atoms with Gasteiger partial charge in [-0.15, -0.1) is 0 Å². The van der Waals surface area contributed by atoms with Crippen LogP contribution in [0.25, 0.3) is 33.3 Å². The Morgan fingerprint density at radius 2 is 1.63 bits per heavy atom. The van der Waals surface area contributed by atoms with Gasteiger partial charge in [0.15, 0.2) is 5.82 Å². The zero-order valence-corrected chi connectivity index (χ0v) is 14.2. The summed E-state index contributed by atoms with van der Waals surface area (Å²) in [5.74, 6) is 0.336. The Bertz CT molecular complexity index is 1390. The Labute approximate surface area is 153 Å². The number of hydrogen-bond acceptors (Lipinski definition) is 4. The Morgan fingerprint density at radius 1 is 0.852 bits per heavy atom. The summed E-state index contributed by atoms with van der Waals surface area (Å²) in [6.07, 6.45) is 0. The summed E-state index contributed by atoms with van der Waals surface area (Å²) < 4.78 is 1.84. The normalized spacial score (nSPS) is 11.4. The van der Waals surface area contributed by atoms with E-state index in [1.165, 1.54) is 0 Å². The molecule has 6 heteroatoms. The standard InChI is InChI=1S/C21H14N4O2/c26-20-16-11-15-10-14-8-4-5-9-17(14)22-18(15)25(19(16)23-21(27)24-20)12-13-6-2-1-3-7-13/h1-11H,12H2,(H,24,26,27). The van der Waals surface area contributed by atoms with Crippen molar-refractivity contribution in [2.45, 2.75) is 6.54 Å². The number of hydrogen-bond donors (Lipinski definition) is 1. The first kappa shape index (κ1) is 15.5. The Hall–Kier alpha value is -3.80. The molecule has 0 spiro atoms. The van der Waals surface area contributed by atoms with Gasteiger partial charge in [0.2, 0.25) is 0 Å². The Balaban J connectivity index is 1.92. The molecule has 0 unspecified atom stereocenters. The molecule has 27 heavy (non-hydrogen) atoms. The van der Waals surface area contributed by atoms with Crippen molar-refractivity contribution < 1.29 is 0 Å². The fraction of sp³-hybridized carbons (Fsp3) is 0.0476. The van der Waals surface area contributed by atoms with Crippen LogP contribution in [0.4, 0.5) is 0 Å². The van der Waals surface area contributed by atoms with Crippen LogP contribution in [0, 0.1) is 0 Å². The molecule has 2 aliphatic heterocycles. The van der Waals surface area contributed by atoms with Crippen molar-refractivity contribution in [3.63, 3.8) is 0 Å². The molecule has 5 rings (SSSR count). The lowest BCUT2D eigenvalue weighted by Crippen LogP contribution is -2.28. The van der Waals surface area contributed by atoms with Crippen molar-refractivity contribution in [3.8, 4) is 11.4 Å². The third-order valence-corrected chi connectivity index (χ3v) is 4.64. The number of aromatic amines is 1. The minimum Gasteiger partial charge on any atom is -0.305 e. The van der Waals surface area contributed by atoms with Gasteiger partial charge in [0.1, 0.15) is 5.65 Å². The van der Waals surface area contributed by atoms with E-state index in [4.69, 9.17) is 4.98 Å². The maximum Gasteiger partial charge on any atom is 0.349 e. The number of pyridine rings is 2. The van der Waals surface area contributed by atoms with Gasteiger partial charge in [0.25, 0.3) is 5.56 Å². The average molecular weight is 354 g/mol. The van der Waals surface area contributed by atoms with E-state index in [9.17, 15) is 9.59 Å². The second-order valence-corrected chi connectivity index (χ2v) is 6.42. The lowest BCUT2D eigenvalue weighted by molar-refractivity contribution is 0.791. The van der Waals surface area contributed by atoms with Crippen LogP contribution < -0.4 is 11.2 Å². The van der Waals surface area contributed by atoms with Gasteiger partial charge in [-0.3, -0.25) is 9.78 Å². The monoisotopic (exact) mass is 354 g/mol. The molecule has 0 aliphatic carbocycles. The van der Waals surface area contributed by atoms with Crippen molar-refractivity contribution in [1.82, 2.24) is 19.5 Å². The minimum atomic E-state index is -0.658. The van der Waals surface area contributed by atoms with Crippen LogP contribution in [-0.2, 0) is 6.54 Å². The molecule has 130 valence electrons. The fourth-order valence-corrected chi connectivity index (χ4v) is 3.40. The topological polar surface area (TPSA) is 80.6 Å². The summed E-state index contributed by atoms with van der Waals surface area (Å²) in [7, 11) is 0. The van der Waals surface area contributed by atoms with E-state index in [0.717, 1.165) is 21.9 Å². The molecule has 6 nitrogen and oxygen atoms in total. The molecule has 0 bridgehead atoms. The summed E-state index contributed by atoms with van der Waals surface area (Å²) in [5, 5.41) is 1.81. The number of rotatable bonds is 2. The number of para-hydroxylation sites is 1. The SMILES string of the molecule is O=c1nc2n(Cc3ccccc3)c3nc4ccccc4cc3cc-2c(=O)[nH]1. The van der Waals surface area contributed by atoms with Crippen LogP contribution in [0.3, 0.4) is 0 Å². The molecular formula is C21H14N4O2. The van der Waals surface area contributed by atoms with E-state index >= 15 is 0 Å². The lowest BCUT2D eigenvalue weighted by Gasteiger charge is -2.17. The molecule has 0 fully saturated rings. The highest BCUT2D eigenvalue weighted by Crippen LogP contribution is 2.26. The van der Waals surface area contributed by atoms with Crippen LogP contribution in [0.5, 0.6) is 0 Å². The summed E-state index contributed by atoms with van der Waals surface area (Å²) >= 11 is 0. The van der Waals surface area contributed by atoms with E-state index in [-0.39, 0.29) is 0 Å². The second-order valence-electron chi connectivity index (χ2n) is 6.42. The van der Waals surface area contributed by atoms with E-state index in [1.807, 2.05) is 65.2 Å². The molecule has 3 aromatic rings. The highest BCUT2D eigenvalue weighted by Gasteiger charge is 2.18. The van der Waals surface area contributed by atoms with Crippen molar-refractivity contribution >= 4 is 21.9 Å². The number of benzene rings is 2. The number of H-pyrrole nitrogens is 1. The number of nitrogens with zero attached hydrogens (tertiary/aromatic N) is 3. The Kier molecular flexibility index (Phi) is 3.36. The summed E-state index contributed by atoms with van der Waals surface area (Å²) in [4.78, 5) is 35.4. The maximum atomic E-state index is 12.4.